The first-order chi connectivity index (χ1) is 8.24. The minimum Gasteiger partial charge on any atom is -0.464 e. The third kappa shape index (κ3) is 5.58. The molecule has 1 nitrogen and oxygen atoms in total. The topological polar surface area (TPSA) is 13.1 Å². The normalized spacial score (nSPS) is 11.0. The Morgan fingerprint density at radius 3 is 2.76 bits per heavy atom. The fourth-order valence-corrected chi connectivity index (χ4v) is 1.75. The van der Waals surface area contributed by atoms with Crippen molar-refractivity contribution >= 4 is 12.2 Å². The van der Waals surface area contributed by atoms with Crippen molar-refractivity contribution < 1.29 is 4.42 Å². The number of unbranched alkanes of at least 4 members (excludes halogenated alkanes) is 4. The molecule has 0 amide bonds. The van der Waals surface area contributed by atoms with Gasteiger partial charge in [0.2, 0.25) is 0 Å². The van der Waals surface area contributed by atoms with Gasteiger partial charge in [-0.05, 0) is 38.8 Å². The lowest BCUT2D eigenvalue weighted by Crippen LogP contribution is -1.75. The molecule has 1 rings (SSSR count). The highest BCUT2D eigenvalue weighted by Gasteiger charge is 1.99. The summed E-state index contributed by atoms with van der Waals surface area (Å²) in [5, 5.41) is 0. The summed E-state index contributed by atoms with van der Waals surface area (Å²) >= 11 is 0. The van der Waals surface area contributed by atoms with E-state index < -0.39 is 0 Å². The van der Waals surface area contributed by atoms with Crippen LogP contribution in [0.15, 0.2) is 28.4 Å². The van der Waals surface area contributed by atoms with Crippen molar-refractivity contribution in [3.63, 3.8) is 0 Å². The Morgan fingerprint density at radius 2 is 2.06 bits per heavy atom. The molecule has 1 heteroatoms. The molecule has 17 heavy (non-hydrogen) atoms. The van der Waals surface area contributed by atoms with Crippen LogP contribution in [0.5, 0.6) is 0 Å². The van der Waals surface area contributed by atoms with E-state index in [4.69, 9.17) is 4.42 Å². The van der Waals surface area contributed by atoms with E-state index in [-0.39, 0.29) is 0 Å². The van der Waals surface area contributed by atoms with Crippen LogP contribution in [-0.4, -0.2) is 0 Å². The average molecular weight is 232 g/mol. The molecule has 0 bridgehead atoms. The fourth-order valence-electron chi connectivity index (χ4n) is 1.75. The molecule has 0 aromatic carbocycles. The monoisotopic (exact) mass is 232 g/mol. The maximum Gasteiger partial charge on any atom is 0.133 e. The third-order valence-corrected chi connectivity index (χ3v) is 2.67. The Bertz CT molecular complexity index is 365. The van der Waals surface area contributed by atoms with Crippen molar-refractivity contribution in [2.75, 3.05) is 0 Å². The summed E-state index contributed by atoms with van der Waals surface area (Å²) in [4.78, 5) is 0. The van der Waals surface area contributed by atoms with E-state index in [0.717, 1.165) is 5.76 Å². The second-order valence-electron chi connectivity index (χ2n) is 4.71. The van der Waals surface area contributed by atoms with Gasteiger partial charge in [-0.15, -0.1) is 0 Å². The molecular weight excluding hydrogens is 208 g/mol. The highest BCUT2D eigenvalue weighted by molar-refractivity contribution is 5.62. The van der Waals surface area contributed by atoms with Gasteiger partial charge in [0.25, 0.3) is 0 Å². The zero-order valence-corrected chi connectivity index (χ0v) is 11.3. The van der Waals surface area contributed by atoms with E-state index in [1.54, 1.807) is 6.26 Å². The minimum atomic E-state index is 0.967. The predicted molar refractivity (Wildman–Crippen MR) is 75.8 cm³/mol. The Balaban J connectivity index is 2.43. The lowest BCUT2D eigenvalue weighted by Gasteiger charge is -1.95. The minimum absolute atomic E-state index is 0.967. The summed E-state index contributed by atoms with van der Waals surface area (Å²) in [6.45, 7) is 6.41. The van der Waals surface area contributed by atoms with E-state index in [1.807, 2.05) is 6.07 Å². The van der Waals surface area contributed by atoms with Crippen LogP contribution in [0.4, 0.5) is 0 Å². The van der Waals surface area contributed by atoms with Crippen LogP contribution in [0.25, 0.3) is 12.2 Å². The Kier molecular flexibility index (Phi) is 6.46. The highest BCUT2D eigenvalue weighted by atomic mass is 16.3. The maximum absolute atomic E-state index is 5.44. The lowest BCUT2D eigenvalue weighted by molar-refractivity contribution is 0.556. The zero-order chi connectivity index (χ0) is 12.5. The summed E-state index contributed by atoms with van der Waals surface area (Å²) in [7, 11) is 0. The Hall–Kier alpha value is -1.24. The van der Waals surface area contributed by atoms with Crippen LogP contribution < -0.4 is 0 Å². The van der Waals surface area contributed by atoms with Crippen molar-refractivity contribution in [2.24, 2.45) is 0 Å². The molecule has 0 spiro atoms. The second-order valence-corrected chi connectivity index (χ2v) is 4.71. The summed E-state index contributed by atoms with van der Waals surface area (Å²) in [5.41, 5.74) is 2.44. The standard InChI is InChI=1S/C16H24O/c1-4-5-6-7-8-9-10-15-11-12-17-16(15)13-14(2)3/h9-13H,4-8H2,1-3H3/b10-9-. The molecule has 94 valence electrons. The zero-order valence-electron chi connectivity index (χ0n) is 11.3. The molecular formula is C16H24O. The number of hydrogen-bond donors (Lipinski definition) is 0. The molecule has 1 aromatic heterocycles. The third-order valence-electron chi connectivity index (χ3n) is 2.67. The molecule has 0 aliphatic heterocycles. The Morgan fingerprint density at radius 1 is 1.24 bits per heavy atom. The van der Waals surface area contributed by atoms with Gasteiger partial charge in [-0.25, -0.2) is 0 Å². The first-order valence-electron chi connectivity index (χ1n) is 6.63. The largest absolute Gasteiger partial charge is 0.464 e. The van der Waals surface area contributed by atoms with Crippen LogP contribution in [0.3, 0.4) is 0 Å². The molecule has 1 heterocycles. The second kappa shape index (κ2) is 7.94. The van der Waals surface area contributed by atoms with Gasteiger partial charge in [0.05, 0.1) is 6.26 Å². The van der Waals surface area contributed by atoms with Crippen molar-refractivity contribution in [1.82, 2.24) is 0 Å². The molecule has 0 saturated carbocycles. The van der Waals surface area contributed by atoms with Crippen molar-refractivity contribution in [2.45, 2.75) is 52.9 Å². The number of rotatable bonds is 7. The SMILES string of the molecule is CCCCCC/C=C\c1ccoc1C=C(C)C. The number of furan rings is 1. The van der Waals surface area contributed by atoms with E-state index in [2.05, 4.69) is 39.0 Å². The van der Waals surface area contributed by atoms with E-state index in [1.165, 1.54) is 43.2 Å². The number of allylic oxidation sites excluding steroid dienone is 2. The van der Waals surface area contributed by atoms with E-state index in [9.17, 15) is 0 Å². The summed E-state index contributed by atoms with van der Waals surface area (Å²) < 4.78 is 5.44. The van der Waals surface area contributed by atoms with Gasteiger partial charge in [0.1, 0.15) is 5.76 Å². The summed E-state index contributed by atoms with van der Waals surface area (Å²) in [6.07, 6.45) is 14.7. The first-order valence-corrected chi connectivity index (χ1v) is 6.63. The van der Waals surface area contributed by atoms with Gasteiger partial charge >= 0.3 is 0 Å². The van der Waals surface area contributed by atoms with E-state index in [0.29, 0.717) is 0 Å². The molecule has 0 unspecified atom stereocenters. The first kappa shape index (κ1) is 13.8. The van der Waals surface area contributed by atoms with Crippen molar-refractivity contribution in [1.29, 1.82) is 0 Å². The van der Waals surface area contributed by atoms with Gasteiger partial charge in [-0.2, -0.15) is 0 Å². The molecule has 0 aliphatic carbocycles. The predicted octanol–water partition coefficient (Wildman–Crippen LogP) is 5.69. The van der Waals surface area contributed by atoms with Gasteiger partial charge in [0.15, 0.2) is 0 Å². The van der Waals surface area contributed by atoms with Crippen LogP contribution in [0.1, 0.15) is 64.2 Å². The molecule has 0 N–H and O–H groups in total. The molecule has 0 saturated heterocycles. The quantitative estimate of drug-likeness (QED) is 0.551. The Labute approximate surface area is 105 Å². The maximum atomic E-state index is 5.44. The van der Waals surface area contributed by atoms with Crippen LogP contribution >= 0.6 is 0 Å². The lowest BCUT2D eigenvalue weighted by atomic mass is 10.1. The molecule has 0 fully saturated rings. The molecule has 1 aromatic rings. The van der Waals surface area contributed by atoms with Crippen molar-refractivity contribution in [3.8, 4) is 0 Å². The highest BCUT2D eigenvalue weighted by Crippen LogP contribution is 2.16. The molecule has 0 radical (unpaired) electrons. The van der Waals surface area contributed by atoms with Crippen LogP contribution in [0, 0.1) is 0 Å². The smallest absolute Gasteiger partial charge is 0.133 e. The van der Waals surface area contributed by atoms with Crippen LogP contribution in [0.2, 0.25) is 0 Å². The summed E-state index contributed by atoms with van der Waals surface area (Å²) in [5.74, 6) is 0.967. The van der Waals surface area contributed by atoms with E-state index >= 15 is 0 Å². The van der Waals surface area contributed by atoms with Gasteiger partial charge in [0, 0.05) is 5.56 Å². The summed E-state index contributed by atoms with van der Waals surface area (Å²) in [6, 6.07) is 2.03. The van der Waals surface area contributed by atoms with Crippen LogP contribution in [-0.2, 0) is 0 Å². The van der Waals surface area contributed by atoms with Gasteiger partial charge in [-0.1, -0.05) is 43.9 Å². The number of hydrogen-bond acceptors (Lipinski definition) is 1. The molecule has 0 atom stereocenters. The average Bonchev–Trinajstić information content (AvgIpc) is 2.70. The van der Waals surface area contributed by atoms with Gasteiger partial charge in [-0.3, -0.25) is 0 Å². The fraction of sp³-hybridized carbons (Fsp3) is 0.500. The van der Waals surface area contributed by atoms with Gasteiger partial charge < -0.3 is 4.42 Å². The molecule has 0 aliphatic rings. The van der Waals surface area contributed by atoms with Crippen molar-refractivity contribution in [3.05, 3.63) is 35.3 Å².